The minimum atomic E-state index is 0.715. The smallest absolute Gasteiger partial charge is 0.0679 e. The van der Waals surface area contributed by atoms with E-state index in [1.165, 1.54) is 96.3 Å². The van der Waals surface area contributed by atoms with E-state index < -0.39 is 0 Å². The molecule has 0 aromatic heterocycles. The van der Waals surface area contributed by atoms with Crippen molar-refractivity contribution in [3.05, 3.63) is 0 Å². The number of unbranched alkanes of at least 4 members (excludes halogenated alkanes) is 15. The summed E-state index contributed by atoms with van der Waals surface area (Å²) in [6.45, 7) is 1.58. The van der Waals surface area contributed by atoms with Gasteiger partial charge in [-0.05, 0) is 19.4 Å². The Morgan fingerprint density at radius 1 is 0.429 bits per heavy atom. The Morgan fingerprint density at radius 3 is 1.00 bits per heavy atom. The second kappa shape index (κ2) is 19.9. The van der Waals surface area contributed by atoms with Crippen LogP contribution >= 0.6 is 0 Å². The zero-order valence-electron chi connectivity index (χ0n) is 14.3. The predicted octanol–water partition coefficient (Wildman–Crippen LogP) is 5.08. The van der Waals surface area contributed by atoms with Gasteiger partial charge in [-0.3, -0.25) is 0 Å². The average Bonchev–Trinajstić information content (AvgIpc) is 2.50. The van der Waals surface area contributed by atoms with Crippen molar-refractivity contribution in [3.8, 4) is 0 Å². The van der Waals surface area contributed by atoms with Crippen LogP contribution in [0.2, 0.25) is 0 Å². The van der Waals surface area contributed by atoms with Crippen molar-refractivity contribution < 1.29 is 4.84 Å². The minimum Gasteiger partial charge on any atom is -0.330 e. The fourth-order valence-corrected chi connectivity index (χ4v) is 2.80. The van der Waals surface area contributed by atoms with Crippen LogP contribution in [0.4, 0.5) is 0 Å². The molecule has 0 spiro atoms. The topological polar surface area (TPSA) is 61.3 Å². The van der Waals surface area contributed by atoms with Gasteiger partial charge < -0.3 is 10.6 Å². The summed E-state index contributed by atoms with van der Waals surface area (Å²) in [5.41, 5.74) is 5.49. The molecule has 4 N–H and O–H groups in total. The van der Waals surface area contributed by atoms with Crippen LogP contribution in [0.25, 0.3) is 0 Å². The predicted molar refractivity (Wildman–Crippen MR) is 93.1 cm³/mol. The molecule has 0 saturated heterocycles. The summed E-state index contributed by atoms with van der Waals surface area (Å²) in [6, 6.07) is 0. The van der Waals surface area contributed by atoms with Gasteiger partial charge in [0.1, 0.15) is 0 Å². The zero-order valence-corrected chi connectivity index (χ0v) is 14.3. The first kappa shape index (κ1) is 20.9. The van der Waals surface area contributed by atoms with Gasteiger partial charge in [-0.25, -0.2) is 5.90 Å². The first-order valence-electron chi connectivity index (χ1n) is 9.43. The standard InChI is InChI=1S/C18H40N2O/c19-17-15-13-11-9-7-5-3-1-2-4-6-8-10-12-14-16-18-21-20/h1-20H2. The summed E-state index contributed by atoms with van der Waals surface area (Å²) < 4.78 is 0. The Balaban J connectivity index is 2.90. The Bertz CT molecular complexity index is 159. The van der Waals surface area contributed by atoms with Crippen LogP contribution in [-0.2, 0) is 4.84 Å². The quantitative estimate of drug-likeness (QED) is 0.274. The maximum atomic E-state index is 5.49. The molecule has 0 amide bonds. The van der Waals surface area contributed by atoms with Gasteiger partial charge in [0.15, 0.2) is 0 Å². The highest BCUT2D eigenvalue weighted by atomic mass is 16.6. The van der Waals surface area contributed by atoms with Crippen molar-refractivity contribution in [1.29, 1.82) is 0 Å². The van der Waals surface area contributed by atoms with Crippen molar-refractivity contribution in [2.75, 3.05) is 13.2 Å². The molecule has 0 aliphatic heterocycles. The number of hydrogen-bond acceptors (Lipinski definition) is 3. The summed E-state index contributed by atoms with van der Waals surface area (Å²) in [5.74, 6) is 4.99. The maximum absolute atomic E-state index is 5.49. The third kappa shape index (κ3) is 19.9. The second-order valence-corrected chi connectivity index (χ2v) is 6.32. The molecule has 128 valence electrons. The van der Waals surface area contributed by atoms with E-state index >= 15 is 0 Å². The summed E-state index contributed by atoms with van der Waals surface area (Å²) in [5, 5.41) is 0. The summed E-state index contributed by atoms with van der Waals surface area (Å²) >= 11 is 0. The van der Waals surface area contributed by atoms with E-state index in [1.807, 2.05) is 0 Å². The van der Waals surface area contributed by atoms with Gasteiger partial charge in [-0.2, -0.15) is 0 Å². The van der Waals surface area contributed by atoms with Gasteiger partial charge in [0.05, 0.1) is 6.61 Å². The van der Waals surface area contributed by atoms with E-state index in [0.29, 0.717) is 6.61 Å². The van der Waals surface area contributed by atoms with Crippen LogP contribution in [-0.4, -0.2) is 13.2 Å². The SMILES string of the molecule is NCCCCCCCCCCCCCCCCCCON. The molecule has 0 bridgehead atoms. The van der Waals surface area contributed by atoms with Crippen molar-refractivity contribution in [2.24, 2.45) is 11.6 Å². The van der Waals surface area contributed by atoms with Crippen LogP contribution in [0.5, 0.6) is 0 Å². The van der Waals surface area contributed by atoms with Crippen molar-refractivity contribution in [2.45, 2.75) is 103 Å². The molecular formula is C18H40N2O. The summed E-state index contributed by atoms with van der Waals surface area (Å²) in [7, 11) is 0. The summed E-state index contributed by atoms with van der Waals surface area (Å²) in [6.07, 6.45) is 21.9. The lowest BCUT2D eigenvalue weighted by Crippen LogP contribution is -2.00. The van der Waals surface area contributed by atoms with Crippen molar-refractivity contribution in [3.63, 3.8) is 0 Å². The number of hydrogen-bond donors (Lipinski definition) is 2. The molecule has 0 radical (unpaired) electrons. The van der Waals surface area contributed by atoms with Crippen LogP contribution in [0.3, 0.4) is 0 Å². The van der Waals surface area contributed by atoms with Gasteiger partial charge in [-0.1, -0.05) is 89.9 Å². The van der Waals surface area contributed by atoms with Crippen LogP contribution < -0.4 is 11.6 Å². The molecule has 0 aromatic carbocycles. The molecule has 0 aliphatic carbocycles. The van der Waals surface area contributed by atoms with E-state index in [2.05, 4.69) is 4.84 Å². The highest BCUT2D eigenvalue weighted by Gasteiger charge is 1.94. The van der Waals surface area contributed by atoms with E-state index in [-0.39, 0.29) is 0 Å². The molecule has 0 saturated carbocycles. The molecule has 0 heterocycles. The number of nitrogens with two attached hydrogens (primary N) is 2. The van der Waals surface area contributed by atoms with E-state index in [1.54, 1.807) is 0 Å². The highest BCUT2D eigenvalue weighted by molar-refractivity contribution is 4.50. The maximum Gasteiger partial charge on any atom is 0.0679 e. The largest absolute Gasteiger partial charge is 0.330 e. The van der Waals surface area contributed by atoms with Crippen molar-refractivity contribution in [1.82, 2.24) is 0 Å². The van der Waals surface area contributed by atoms with Gasteiger partial charge in [-0.15, -0.1) is 0 Å². The summed E-state index contributed by atoms with van der Waals surface area (Å²) in [4.78, 5) is 4.56. The number of rotatable bonds is 18. The molecule has 0 atom stereocenters. The lowest BCUT2D eigenvalue weighted by Gasteiger charge is -2.03. The van der Waals surface area contributed by atoms with Crippen LogP contribution in [0.1, 0.15) is 103 Å². The monoisotopic (exact) mass is 300 g/mol. The molecular weight excluding hydrogens is 260 g/mol. The third-order valence-electron chi connectivity index (χ3n) is 4.22. The average molecular weight is 301 g/mol. The Kier molecular flexibility index (Phi) is 19.8. The molecule has 0 aliphatic rings. The fraction of sp³-hybridized carbons (Fsp3) is 1.00. The van der Waals surface area contributed by atoms with Crippen LogP contribution in [0, 0.1) is 0 Å². The van der Waals surface area contributed by atoms with Gasteiger partial charge in [0.2, 0.25) is 0 Å². The van der Waals surface area contributed by atoms with Gasteiger partial charge >= 0.3 is 0 Å². The second-order valence-electron chi connectivity index (χ2n) is 6.32. The molecule has 3 nitrogen and oxygen atoms in total. The third-order valence-corrected chi connectivity index (χ3v) is 4.22. The fourth-order valence-electron chi connectivity index (χ4n) is 2.80. The molecule has 0 rings (SSSR count). The van der Waals surface area contributed by atoms with Crippen molar-refractivity contribution >= 4 is 0 Å². The van der Waals surface area contributed by atoms with E-state index in [0.717, 1.165) is 13.0 Å². The molecule has 0 aromatic rings. The Hall–Kier alpha value is -0.120. The molecule has 0 fully saturated rings. The normalized spacial score (nSPS) is 11.1. The Labute approximate surface area is 133 Å². The van der Waals surface area contributed by atoms with Gasteiger partial charge in [0.25, 0.3) is 0 Å². The minimum absolute atomic E-state index is 0.715. The molecule has 0 unspecified atom stereocenters. The zero-order chi connectivity index (χ0) is 15.4. The Morgan fingerprint density at radius 2 is 0.714 bits per heavy atom. The van der Waals surface area contributed by atoms with Gasteiger partial charge in [0, 0.05) is 0 Å². The lowest BCUT2D eigenvalue weighted by molar-refractivity contribution is 0.133. The van der Waals surface area contributed by atoms with Crippen LogP contribution in [0.15, 0.2) is 0 Å². The molecule has 21 heavy (non-hydrogen) atoms. The first-order valence-corrected chi connectivity index (χ1v) is 9.43. The van der Waals surface area contributed by atoms with E-state index in [9.17, 15) is 0 Å². The van der Waals surface area contributed by atoms with E-state index in [4.69, 9.17) is 11.6 Å². The molecule has 3 heteroatoms. The lowest BCUT2D eigenvalue weighted by atomic mass is 10.0. The highest BCUT2D eigenvalue weighted by Crippen LogP contribution is 2.13. The first-order chi connectivity index (χ1) is 10.4.